The summed E-state index contributed by atoms with van der Waals surface area (Å²) in [7, 11) is 1.28. The van der Waals surface area contributed by atoms with Gasteiger partial charge in [0.05, 0.1) is 19.0 Å². The molecule has 3 N–H and O–H groups in total. The third kappa shape index (κ3) is 5.45. The maximum Gasteiger partial charge on any atom is 0.251 e. The first kappa shape index (κ1) is 27.0. The molecule has 2 aromatic carbocycles. The summed E-state index contributed by atoms with van der Waals surface area (Å²) in [6.07, 6.45) is 7.89. The molecule has 1 aliphatic carbocycles. The minimum absolute atomic E-state index is 0.0297. The highest BCUT2D eigenvalue weighted by Gasteiger charge is 2.24. The SMILES string of the molecule is COc1ccc(-c2cnc3c(Nc4ccc(C(=O)NC5CCC(NC(C)=O)CC5)c(C)c4)nccn23)c(F)c1F. The summed E-state index contributed by atoms with van der Waals surface area (Å²) in [4.78, 5) is 33.0. The summed E-state index contributed by atoms with van der Waals surface area (Å²) in [5.74, 6) is -2.04. The smallest absolute Gasteiger partial charge is 0.251 e. The summed E-state index contributed by atoms with van der Waals surface area (Å²) in [5, 5.41) is 9.28. The van der Waals surface area contributed by atoms with Crippen molar-refractivity contribution in [3.63, 3.8) is 0 Å². The molecule has 0 unspecified atom stereocenters. The Kier molecular flexibility index (Phi) is 7.63. The van der Waals surface area contributed by atoms with Crippen LogP contribution in [0.2, 0.25) is 0 Å². The Bertz CT molecular complexity index is 1580. The minimum Gasteiger partial charge on any atom is -0.494 e. The number of nitrogens with one attached hydrogen (secondary N) is 3. The molecule has 0 bridgehead atoms. The minimum atomic E-state index is -1.07. The molecule has 11 heteroatoms. The quantitative estimate of drug-likeness (QED) is 0.303. The fraction of sp³-hybridized carbons (Fsp3) is 0.310. The molecule has 1 aliphatic rings. The molecule has 2 aromatic heterocycles. The summed E-state index contributed by atoms with van der Waals surface area (Å²) in [6, 6.07) is 8.41. The van der Waals surface area contributed by atoms with Crippen LogP contribution in [0.15, 0.2) is 48.9 Å². The van der Waals surface area contributed by atoms with Gasteiger partial charge >= 0.3 is 0 Å². The molecule has 40 heavy (non-hydrogen) atoms. The molecule has 0 radical (unpaired) electrons. The van der Waals surface area contributed by atoms with Gasteiger partial charge in [-0.15, -0.1) is 0 Å². The van der Waals surface area contributed by atoms with E-state index in [1.54, 1.807) is 22.7 Å². The molecule has 0 atom stereocenters. The predicted octanol–water partition coefficient (Wildman–Crippen LogP) is 4.91. The molecule has 0 spiro atoms. The molecule has 2 amide bonds. The van der Waals surface area contributed by atoms with Crippen molar-refractivity contribution in [2.75, 3.05) is 12.4 Å². The molecule has 208 valence electrons. The van der Waals surface area contributed by atoms with E-state index in [9.17, 15) is 18.4 Å². The first-order valence-corrected chi connectivity index (χ1v) is 13.0. The molecule has 1 fully saturated rings. The number of ether oxygens (including phenoxy) is 1. The third-order valence-electron chi connectivity index (χ3n) is 7.17. The third-order valence-corrected chi connectivity index (χ3v) is 7.17. The second kappa shape index (κ2) is 11.3. The van der Waals surface area contributed by atoms with Crippen LogP contribution in [-0.4, -0.2) is 45.4 Å². The Hall–Kier alpha value is -4.54. The van der Waals surface area contributed by atoms with Gasteiger partial charge in [0.25, 0.3) is 5.91 Å². The molecule has 0 saturated heterocycles. The van der Waals surface area contributed by atoms with Crippen molar-refractivity contribution in [2.45, 2.75) is 51.6 Å². The summed E-state index contributed by atoms with van der Waals surface area (Å²) in [6.45, 7) is 3.38. The van der Waals surface area contributed by atoms with Crippen molar-refractivity contribution in [1.29, 1.82) is 0 Å². The van der Waals surface area contributed by atoms with Gasteiger partial charge in [0, 0.05) is 48.2 Å². The van der Waals surface area contributed by atoms with Crippen LogP contribution < -0.4 is 20.7 Å². The van der Waals surface area contributed by atoms with E-state index < -0.39 is 11.6 Å². The molecule has 1 saturated carbocycles. The topological polar surface area (TPSA) is 110 Å². The lowest BCUT2D eigenvalue weighted by molar-refractivity contribution is -0.119. The predicted molar refractivity (Wildman–Crippen MR) is 147 cm³/mol. The first-order chi connectivity index (χ1) is 19.2. The summed E-state index contributed by atoms with van der Waals surface area (Å²) < 4.78 is 35.6. The van der Waals surface area contributed by atoms with Gasteiger partial charge in [0.2, 0.25) is 11.7 Å². The van der Waals surface area contributed by atoms with Gasteiger partial charge in [-0.3, -0.25) is 14.0 Å². The number of hydrogen-bond acceptors (Lipinski definition) is 6. The van der Waals surface area contributed by atoms with Crippen molar-refractivity contribution in [3.8, 4) is 17.0 Å². The van der Waals surface area contributed by atoms with Crippen LogP contribution in [-0.2, 0) is 4.79 Å². The van der Waals surface area contributed by atoms with Gasteiger partial charge in [-0.05, 0) is 68.5 Å². The number of fused-ring (bicyclic) bond motifs is 1. The Labute approximate surface area is 230 Å². The highest BCUT2D eigenvalue weighted by molar-refractivity contribution is 5.96. The maximum absolute atomic E-state index is 14.8. The van der Waals surface area contributed by atoms with Gasteiger partial charge < -0.3 is 20.7 Å². The van der Waals surface area contributed by atoms with Crippen LogP contribution in [0.4, 0.5) is 20.3 Å². The first-order valence-electron chi connectivity index (χ1n) is 13.0. The number of aromatic nitrogens is 3. The zero-order chi connectivity index (χ0) is 28.4. The average molecular weight is 549 g/mol. The van der Waals surface area contributed by atoms with Gasteiger partial charge in [0.15, 0.2) is 23.0 Å². The summed E-state index contributed by atoms with van der Waals surface area (Å²) in [5.41, 5.74) is 2.85. The van der Waals surface area contributed by atoms with Crippen LogP contribution in [0.3, 0.4) is 0 Å². The summed E-state index contributed by atoms with van der Waals surface area (Å²) >= 11 is 0. The number of carbonyl (C=O) groups is 2. The van der Waals surface area contributed by atoms with Gasteiger partial charge in [-0.25, -0.2) is 14.4 Å². The average Bonchev–Trinajstić information content (AvgIpc) is 3.36. The Balaban J connectivity index is 1.31. The maximum atomic E-state index is 14.8. The van der Waals surface area contributed by atoms with E-state index in [1.807, 2.05) is 13.0 Å². The van der Waals surface area contributed by atoms with E-state index in [0.717, 1.165) is 31.2 Å². The number of anilines is 2. The van der Waals surface area contributed by atoms with E-state index >= 15 is 0 Å². The number of aryl methyl sites for hydroxylation is 1. The Morgan fingerprint density at radius 1 is 1.00 bits per heavy atom. The van der Waals surface area contributed by atoms with Crippen LogP contribution in [0.5, 0.6) is 5.75 Å². The van der Waals surface area contributed by atoms with Crippen molar-refractivity contribution in [1.82, 2.24) is 25.0 Å². The zero-order valence-electron chi connectivity index (χ0n) is 22.4. The van der Waals surface area contributed by atoms with Crippen LogP contribution >= 0.6 is 0 Å². The fourth-order valence-electron chi connectivity index (χ4n) is 5.16. The highest BCUT2D eigenvalue weighted by Crippen LogP contribution is 2.31. The number of nitrogens with zero attached hydrogens (tertiary/aromatic N) is 3. The lowest BCUT2D eigenvalue weighted by atomic mass is 9.91. The molecule has 2 heterocycles. The standard InChI is InChI=1S/C29H30F2N6O3/c1-16-14-20(8-9-21(16)29(39)36-19-6-4-18(5-7-19)34-17(2)38)35-27-28-33-15-23(37(28)13-12-32-27)22-10-11-24(40-3)26(31)25(22)30/h8-15,18-19H,4-7H2,1-3H3,(H,32,35)(H,34,38)(H,36,39). The molecule has 5 rings (SSSR count). The van der Waals surface area contributed by atoms with Gasteiger partial charge in [0.1, 0.15) is 0 Å². The van der Waals surface area contributed by atoms with E-state index in [1.165, 1.54) is 38.6 Å². The monoisotopic (exact) mass is 548 g/mol. The number of benzene rings is 2. The fourth-order valence-corrected chi connectivity index (χ4v) is 5.16. The van der Waals surface area contributed by atoms with Gasteiger partial charge in [-0.2, -0.15) is 4.39 Å². The van der Waals surface area contributed by atoms with Crippen molar-refractivity contribution in [2.24, 2.45) is 0 Å². The van der Waals surface area contributed by atoms with Crippen LogP contribution in [0, 0.1) is 18.6 Å². The second-order valence-corrected chi connectivity index (χ2v) is 9.93. The van der Waals surface area contributed by atoms with Crippen molar-refractivity contribution < 1.29 is 23.1 Å². The van der Waals surface area contributed by atoms with E-state index in [0.29, 0.717) is 28.4 Å². The lowest BCUT2D eigenvalue weighted by Gasteiger charge is -2.29. The number of carbonyl (C=O) groups excluding carboxylic acids is 2. The lowest BCUT2D eigenvalue weighted by Crippen LogP contribution is -2.43. The zero-order valence-corrected chi connectivity index (χ0v) is 22.4. The van der Waals surface area contributed by atoms with E-state index in [2.05, 4.69) is 25.9 Å². The Morgan fingerprint density at radius 2 is 1.73 bits per heavy atom. The van der Waals surface area contributed by atoms with E-state index in [-0.39, 0.29) is 35.2 Å². The number of amides is 2. The second-order valence-electron chi connectivity index (χ2n) is 9.93. The van der Waals surface area contributed by atoms with E-state index in [4.69, 9.17) is 4.74 Å². The number of methoxy groups -OCH3 is 1. The number of imidazole rings is 1. The molecule has 9 nitrogen and oxygen atoms in total. The molecular weight excluding hydrogens is 518 g/mol. The molecule has 0 aliphatic heterocycles. The van der Waals surface area contributed by atoms with Crippen molar-refractivity contribution in [3.05, 3.63) is 71.7 Å². The molecule has 4 aromatic rings. The number of rotatable bonds is 7. The van der Waals surface area contributed by atoms with Gasteiger partial charge in [-0.1, -0.05) is 0 Å². The number of hydrogen-bond donors (Lipinski definition) is 3. The van der Waals surface area contributed by atoms with Crippen LogP contribution in [0.1, 0.15) is 48.5 Å². The highest BCUT2D eigenvalue weighted by atomic mass is 19.2. The Morgan fingerprint density at radius 3 is 2.40 bits per heavy atom. The van der Waals surface area contributed by atoms with Crippen LogP contribution in [0.25, 0.3) is 16.9 Å². The normalized spacial score (nSPS) is 16.9. The number of halogens is 2. The largest absolute Gasteiger partial charge is 0.494 e. The van der Waals surface area contributed by atoms with Crippen molar-refractivity contribution >= 4 is 29.0 Å². The molecular formula is C29H30F2N6O3.